The Bertz CT molecular complexity index is 958. The van der Waals surface area contributed by atoms with Gasteiger partial charge in [0, 0.05) is 28.7 Å². The molecule has 4 aromatic rings. The number of nitrogens with zero attached hydrogens (tertiary/aromatic N) is 1. The van der Waals surface area contributed by atoms with Crippen molar-refractivity contribution in [2.45, 2.75) is 11.8 Å². The third-order valence-corrected chi connectivity index (χ3v) is 3.79. The van der Waals surface area contributed by atoms with E-state index in [4.69, 9.17) is 14.1 Å². The maximum atomic E-state index is 8.21. The molecule has 0 unspecified atom stereocenters. The van der Waals surface area contributed by atoms with Gasteiger partial charge in [0.15, 0.2) is 11.5 Å². The molecule has 0 atom stereocenters. The summed E-state index contributed by atoms with van der Waals surface area (Å²) >= 11 is 0.907. The van der Waals surface area contributed by atoms with Gasteiger partial charge in [0.05, 0.1) is 12.0 Å². The van der Waals surface area contributed by atoms with Crippen LogP contribution in [0.2, 0.25) is 0 Å². The molecule has 4 rings (SSSR count). The molecular formula is C14H9NO5S. The van der Waals surface area contributed by atoms with Gasteiger partial charge < -0.3 is 8.83 Å². The molecule has 6 nitrogen and oxygen atoms in total. The van der Waals surface area contributed by atoms with Crippen molar-refractivity contribution in [3.05, 3.63) is 36.2 Å². The van der Waals surface area contributed by atoms with Crippen LogP contribution in [0.3, 0.4) is 0 Å². The molecule has 1 N–H and O–H groups in total. The van der Waals surface area contributed by atoms with Crippen molar-refractivity contribution in [2.24, 2.45) is 0 Å². The van der Waals surface area contributed by atoms with Gasteiger partial charge in [-0.05, 0) is 24.3 Å². The maximum absolute atomic E-state index is 8.21. The van der Waals surface area contributed by atoms with Crippen LogP contribution in [0, 0.1) is 6.92 Å². The lowest BCUT2D eigenvalue weighted by Gasteiger charge is -1.97. The van der Waals surface area contributed by atoms with Crippen LogP contribution in [0.1, 0.15) is 5.89 Å². The molecule has 2 aromatic carbocycles. The van der Waals surface area contributed by atoms with Gasteiger partial charge in [-0.15, -0.1) is 4.33 Å². The number of hydrogen-bond donors (Lipinski definition) is 1. The zero-order valence-electron chi connectivity index (χ0n) is 10.8. The minimum absolute atomic E-state index is 0.617. The van der Waals surface area contributed by atoms with Crippen LogP contribution in [0.5, 0.6) is 0 Å². The van der Waals surface area contributed by atoms with Crippen LogP contribution in [0.15, 0.2) is 44.1 Å². The zero-order valence-corrected chi connectivity index (χ0v) is 11.6. The summed E-state index contributed by atoms with van der Waals surface area (Å²) in [5.74, 6) is 0.617. The highest BCUT2D eigenvalue weighted by molar-refractivity contribution is 7.94. The number of fused-ring (bicyclic) bond motifs is 4. The molecule has 0 fully saturated rings. The molecule has 21 heavy (non-hydrogen) atoms. The standard InChI is InChI=1S/C14H9NO5S/c1-7-15-11-5-10-9-4-8(21-20-19-16)2-3-12(9)18-13(10)6-14(11)17-7/h2-6,16H,1H3. The van der Waals surface area contributed by atoms with Crippen LogP contribution < -0.4 is 0 Å². The number of furan rings is 1. The van der Waals surface area contributed by atoms with Gasteiger partial charge in [0.1, 0.15) is 16.7 Å². The average molecular weight is 303 g/mol. The SMILES string of the molecule is Cc1nc2cc3c(cc2o1)oc1ccc(SOOO)cc13. The first kappa shape index (κ1) is 12.7. The Hall–Kier alpha value is -2.06. The molecule has 0 bridgehead atoms. The van der Waals surface area contributed by atoms with Crippen molar-refractivity contribution in [3.63, 3.8) is 0 Å². The van der Waals surface area contributed by atoms with Crippen LogP contribution in [0.25, 0.3) is 33.0 Å². The molecule has 106 valence electrons. The maximum Gasteiger partial charge on any atom is 0.192 e. The van der Waals surface area contributed by atoms with Crippen molar-refractivity contribution in [3.8, 4) is 0 Å². The Morgan fingerprint density at radius 3 is 2.76 bits per heavy atom. The number of benzene rings is 2. The lowest BCUT2D eigenvalue weighted by atomic mass is 10.1. The van der Waals surface area contributed by atoms with E-state index in [0.29, 0.717) is 11.5 Å². The third-order valence-electron chi connectivity index (χ3n) is 3.22. The fourth-order valence-corrected chi connectivity index (χ4v) is 2.80. The van der Waals surface area contributed by atoms with Gasteiger partial charge in [0.2, 0.25) is 0 Å². The average Bonchev–Trinajstić information content (AvgIpc) is 3.00. The summed E-state index contributed by atoms with van der Waals surface area (Å²) in [5, 5.41) is 13.7. The van der Waals surface area contributed by atoms with E-state index in [9.17, 15) is 0 Å². The molecule has 0 spiro atoms. The molecule has 0 saturated heterocycles. The molecular weight excluding hydrogens is 294 g/mol. The summed E-state index contributed by atoms with van der Waals surface area (Å²) in [5.41, 5.74) is 2.97. The molecule has 2 aromatic heterocycles. The van der Waals surface area contributed by atoms with Gasteiger partial charge in [-0.1, -0.05) is 5.04 Å². The smallest absolute Gasteiger partial charge is 0.192 e. The van der Waals surface area contributed by atoms with Gasteiger partial charge in [0.25, 0.3) is 0 Å². The predicted octanol–water partition coefficient (Wildman–Crippen LogP) is 4.46. The topological polar surface area (TPSA) is 77.9 Å². The van der Waals surface area contributed by atoms with Gasteiger partial charge in [-0.2, -0.15) is 0 Å². The molecule has 7 heteroatoms. The molecule has 0 saturated carbocycles. The Labute approximate surface area is 122 Å². The normalized spacial score (nSPS) is 11.9. The quantitative estimate of drug-likeness (QED) is 0.340. The molecule has 0 aliphatic carbocycles. The van der Waals surface area contributed by atoms with Gasteiger partial charge >= 0.3 is 0 Å². The summed E-state index contributed by atoms with van der Waals surface area (Å²) in [6.45, 7) is 1.81. The van der Waals surface area contributed by atoms with E-state index >= 15 is 0 Å². The number of rotatable bonds is 3. The first-order valence-corrected chi connectivity index (χ1v) is 6.87. The lowest BCUT2D eigenvalue weighted by Crippen LogP contribution is -1.78. The fourth-order valence-electron chi connectivity index (χ4n) is 2.40. The summed E-state index contributed by atoms with van der Waals surface area (Å²) in [7, 11) is 0. The van der Waals surface area contributed by atoms with E-state index in [1.807, 2.05) is 24.3 Å². The number of oxazole rings is 1. The number of hydrogen-bond acceptors (Lipinski definition) is 7. The van der Waals surface area contributed by atoms with E-state index in [1.54, 1.807) is 13.0 Å². The molecule has 0 radical (unpaired) electrons. The fraction of sp³-hybridized carbons (Fsp3) is 0.0714. The first-order valence-electron chi connectivity index (χ1n) is 6.13. The van der Waals surface area contributed by atoms with E-state index in [1.165, 1.54) is 0 Å². The Balaban J connectivity index is 1.96. The minimum Gasteiger partial charge on any atom is -0.456 e. The van der Waals surface area contributed by atoms with Crippen molar-refractivity contribution < 1.29 is 23.5 Å². The number of aromatic nitrogens is 1. The monoisotopic (exact) mass is 303 g/mol. The summed E-state index contributed by atoms with van der Waals surface area (Å²) in [6.07, 6.45) is 0. The molecule has 2 heterocycles. The lowest BCUT2D eigenvalue weighted by molar-refractivity contribution is -0.432. The highest BCUT2D eigenvalue weighted by Crippen LogP contribution is 2.34. The van der Waals surface area contributed by atoms with Gasteiger partial charge in [-0.25, -0.2) is 10.2 Å². The van der Waals surface area contributed by atoms with Crippen LogP contribution in [-0.4, -0.2) is 10.2 Å². The third kappa shape index (κ3) is 2.07. The van der Waals surface area contributed by atoms with Crippen molar-refractivity contribution in [2.75, 3.05) is 0 Å². The molecule has 0 aliphatic heterocycles. The Morgan fingerprint density at radius 2 is 1.90 bits per heavy atom. The minimum atomic E-state index is 0.617. The predicted molar refractivity (Wildman–Crippen MR) is 76.7 cm³/mol. The first-order chi connectivity index (χ1) is 10.2. The highest BCUT2D eigenvalue weighted by atomic mass is 32.2. The summed E-state index contributed by atoms with van der Waals surface area (Å²) in [4.78, 5) is 5.10. The number of aryl methyl sites for hydroxylation is 1. The zero-order chi connectivity index (χ0) is 14.4. The van der Waals surface area contributed by atoms with Crippen LogP contribution >= 0.6 is 12.0 Å². The van der Waals surface area contributed by atoms with Gasteiger partial charge in [-0.3, -0.25) is 0 Å². The van der Waals surface area contributed by atoms with Crippen molar-refractivity contribution in [1.29, 1.82) is 0 Å². The van der Waals surface area contributed by atoms with E-state index in [2.05, 4.69) is 14.4 Å². The second-order valence-electron chi connectivity index (χ2n) is 4.53. The summed E-state index contributed by atoms with van der Waals surface area (Å²) in [6, 6.07) is 9.30. The molecule has 0 aliphatic rings. The van der Waals surface area contributed by atoms with E-state index in [0.717, 1.165) is 44.4 Å². The van der Waals surface area contributed by atoms with Crippen LogP contribution in [0.4, 0.5) is 0 Å². The highest BCUT2D eigenvalue weighted by Gasteiger charge is 2.12. The molecule has 0 amide bonds. The largest absolute Gasteiger partial charge is 0.456 e. The Morgan fingerprint density at radius 1 is 1.05 bits per heavy atom. The second-order valence-corrected chi connectivity index (χ2v) is 5.31. The second kappa shape index (κ2) is 4.74. The van der Waals surface area contributed by atoms with Crippen LogP contribution in [-0.2, 0) is 9.37 Å². The van der Waals surface area contributed by atoms with Crippen molar-refractivity contribution >= 4 is 45.1 Å². The summed E-state index contributed by atoms with van der Waals surface area (Å²) < 4.78 is 15.8. The van der Waals surface area contributed by atoms with E-state index < -0.39 is 0 Å². The Kier molecular flexibility index (Phi) is 2.86. The van der Waals surface area contributed by atoms with E-state index in [-0.39, 0.29) is 0 Å². The van der Waals surface area contributed by atoms with Crippen molar-refractivity contribution in [1.82, 2.24) is 4.98 Å².